The first-order chi connectivity index (χ1) is 14.6. The van der Waals surface area contributed by atoms with E-state index < -0.39 is 0 Å². The van der Waals surface area contributed by atoms with Crippen LogP contribution in [0.5, 0.6) is 5.75 Å². The minimum absolute atomic E-state index is 0.0278. The molecule has 0 unspecified atom stereocenters. The molecule has 0 radical (unpaired) electrons. The van der Waals surface area contributed by atoms with Gasteiger partial charge in [-0.25, -0.2) is 4.79 Å². The van der Waals surface area contributed by atoms with Crippen molar-refractivity contribution in [3.05, 3.63) is 60.2 Å². The molecule has 0 aliphatic carbocycles. The summed E-state index contributed by atoms with van der Waals surface area (Å²) in [7, 11) is 0. The van der Waals surface area contributed by atoms with Gasteiger partial charge >= 0.3 is 6.03 Å². The predicted octanol–water partition coefficient (Wildman–Crippen LogP) is 5.64. The molecule has 1 aliphatic rings. The standard InChI is InChI=1S/C24H25N3O3/c1-3-5-15-27-21-14-13-20(18-7-6-8-19(22(18)21)23(27)28)26-24(29)25-16-9-11-17(12-10-16)30-4-2/h6-14H,3-5,15H2,1-2H3,(H2,25,26,29). The molecule has 0 spiro atoms. The second kappa shape index (κ2) is 8.45. The van der Waals surface area contributed by atoms with Crippen LogP contribution in [0.25, 0.3) is 10.8 Å². The maximum Gasteiger partial charge on any atom is 0.323 e. The fraction of sp³-hybridized carbons (Fsp3) is 0.250. The number of unbranched alkanes of at least 4 members (excludes halogenated alkanes) is 1. The number of nitrogens with zero attached hydrogens (tertiary/aromatic N) is 1. The van der Waals surface area contributed by atoms with E-state index in [2.05, 4.69) is 17.6 Å². The number of anilines is 3. The molecule has 3 aromatic rings. The summed E-state index contributed by atoms with van der Waals surface area (Å²) in [5.41, 5.74) is 2.94. The van der Waals surface area contributed by atoms with E-state index in [1.165, 1.54) is 0 Å². The molecule has 1 aliphatic heterocycles. The lowest BCUT2D eigenvalue weighted by Gasteiger charge is -2.18. The Balaban J connectivity index is 1.56. The number of carbonyl (C=O) groups is 2. The number of nitrogens with one attached hydrogen (secondary N) is 2. The maximum atomic E-state index is 12.8. The highest BCUT2D eigenvalue weighted by molar-refractivity contribution is 6.27. The van der Waals surface area contributed by atoms with E-state index in [0.29, 0.717) is 30.1 Å². The minimum atomic E-state index is -0.341. The van der Waals surface area contributed by atoms with Gasteiger partial charge in [-0.2, -0.15) is 0 Å². The smallest absolute Gasteiger partial charge is 0.323 e. The van der Waals surface area contributed by atoms with E-state index in [-0.39, 0.29) is 11.9 Å². The molecular weight excluding hydrogens is 378 g/mol. The normalized spacial score (nSPS) is 12.3. The van der Waals surface area contributed by atoms with Crippen molar-refractivity contribution in [2.24, 2.45) is 0 Å². The Morgan fingerprint density at radius 2 is 1.80 bits per heavy atom. The van der Waals surface area contributed by atoms with Crippen molar-refractivity contribution >= 4 is 39.8 Å². The Morgan fingerprint density at radius 1 is 1.00 bits per heavy atom. The number of urea groups is 1. The molecule has 3 aromatic carbocycles. The van der Waals surface area contributed by atoms with Crippen LogP contribution in [0.1, 0.15) is 37.0 Å². The molecule has 0 aromatic heterocycles. The van der Waals surface area contributed by atoms with Gasteiger partial charge in [0.1, 0.15) is 5.75 Å². The van der Waals surface area contributed by atoms with Crippen molar-refractivity contribution in [2.75, 3.05) is 28.7 Å². The van der Waals surface area contributed by atoms with Crippen LogP contribution in [0.15, 0.2) is 54.6 Å². The Kier molecular flexibility index (Phi) is 5.57. The quantitative estimate of drug-likeness (QED) is 0.536. The zero-order valence-corrected chi connectivity index (χ0v) is 17.2. The predicted molar refractivity (Wildman–Crippen MR) is 121 cm³/mol. The molecular formula is C24H25N3O3. The second-order valence-corrected chi connectivity index (χ2v) is 7.21. The number of benzene rings is 3. The first kappa shape index (κ1) is 19.8. The SMILES string of the molecule is CCCCN1C(=O)c2cccc3c(NC(=O)Nc4ccc(OCC)cc4)ccc1c23. The number of ether oxygens (including phenoxy) is 1. The average molecular weight is 403 g/mol. The molecule has 30 heavy (non-hydrogen) atoms. The second-order valence-electron chi connectivity index (χ2n) is 7.21. The van der Waals surface area contributed by atoms with Gasteiger partial charge in [0.05, 0.1) is 18.0 Å². The van der Waals surface area contributed by atoms with Gasteiger partial charge in [0.15, 0.2) is 0 Å². The van der Waals surface area contributed by atoms with Crippen molar-refractivity contribution in [1.82, 2.24) is 0 Å². The third kappa shape index (κ3) is 3.68. The molecule has 1 heterocycles. The Morgan fingerprint density at radius 3 is 2.53 bits per heavy atom. The third-order valence-corrected chi connectivity index (χ3v) is 5.19. The summed E-state index contributed by atoms with van der Waals surface area (Å²) in [6, 6.07) is 16.3. The summed E-state index contributed by atoms with van der Waals surface area (Å²) in [6.07, 6.45) is 1.97. The lowest BCUT2D eigenvalue weighted by Crippen LogP contribution is -2.27. The zero-order valence-electron chi connectivity index (χ0n) is 17.2. The largest absolute Gasteiger partial charge is 0.494 e. The molecule has 6 heteroatoms. The van der Waals surface area contributed by atoms with Gasteiger partial charge < -0.3 is 20.3 Å². The van der Waals surface area contributed by atoms with Crippen molar-refractivity contribution in [2.45, 2.75) is 26.7 Å². The van der Waals surface area contributed by atoms with Crippen molar-refractivity contribution in [3.8, 4) is 5.75 Å². The average Bonchev–Trinajstić information content (AvgIpc) is 3.03. The van der Waals surface area contributed by atoms with Gasteiger partial charge in [-0.1, -0.05) is 25.5 Å². The number of amides is 3. The monoisotopic (exact) mass is 403 g/mol. The van der Waals surface area contributed by atoms with Crippen molar-refractivity contribution in [1.29, 1.82) is 0 Å². The summed E-state index contributed by atoms with van der Waals surface area (Å²) < 4.78 is 5.42. The summed E-state index contributed by atoms with van der Waals surface area (Å²) in [6.45, 7) is 5.33. The first-order valence-electron chi connectivity index (χ1n) is 10.3. The topological polar surface area (TPSA) is 70.7 Å². The van der Waals surface area contributed by atoms with Gasteiger partial charge in [-0.05, 0) is 55.8 Å². The molecule has 154 valence electrons. The van der Waals surface area contributed by atoms with Crippen LogP contribution < -0.4 is 20.3 Å². The highest BCUT2D eigenvalue weighted by Gasteiger charge is 2.30. The van der Waals surface area contributed by atoms with Gasteiger partial charge in [0, 0.05) is 28.6 Å². The van der Waals surface area contributed by atoms with Gasteiger partial charge in [-0.15, -0.1) is 0 Å². The summed E-state index contributed by atoms with van der Waals surface area (Å²) >= 11 is 0. The molecule has 6 nitrogen and oxygen atoms in total. The summed E-state index contributed by atoms with van der Waals surface area (Å²) in [5.74, 6) is 0.785. The van der Waals surface area contributed by atoms with Crippen LogP contribution in [0.2, 0.25) is 0 Å². The number of hydrogen-bond acceptors (Lipinski definition) is 3. The van der Waals surface area contributed by atoms with Crippen LogP contribution in [-0.2, 0) is 0 Å². The highest BCUT2D eigenvalue weighted by Crippen LogP contribution is 2.40. The first-order valence-corrected chi connectivity index (χ1v) is 10.3. The van der Waals surface area contributed by atoms with Gasteiger partial charge in [-0.3, -0.25) is 4.79 Å². The minimum Gasteiger partial charge on any atom is -0.494 e. The lowest BCUT2D eigenvalue weighted by molar-refractivity contribution is 0.0993. The molecule has 0 bridgehead atoms. The summed E-state index contributed by atoms with van der Waals surface area (Å²) in [5, 5.41) is 7.51. The third-order valence-electron chi connectivity index (χ3n) is 5.19. The molecule has 0 atom stereocenters. The van der Waals surface area contributed by atoms with E-state index in [4.69, 9.17) is 4.74 Å². The van der Waals surface area contributed by atoms with Gasteiger partial charge in [0.2, 0.25) is 0 Å². The Labute approximate surface area is 175 Å². The van der Waals surface area contributed by atoms with Crippen LogP contribution in [0.3, 0.4) is 0 Å². The Hall–Kier alpha value is -3.54. The van der Waals surface area contributed by atoms with Crippen molar-refractivity contribution < 1.29 is 14.3 Å². The highest BCUT2D eigenvalue weighted by atomic mass is 16.5. The molecule has 0 fully saturated rings. The van der Waals surface area contributed by atoms with E-state index in [9.17, 15) is 9.59 Å². The van der Waals surface area contributed by atoms with Crippen LogP contribution in [-0.4, -0.2) is 25.1 Å². The molecule has 2 N–H and O–H groups in total. The molecule has 3 amide bonds. The molecule has 0 saturated heterocycles. The van der Waals surface area contributed by atoms with Crippen LogP contribution in [0, 0.1) is 0 Å². The number of carbonyl (C=O) groups excluding carboxylic acids is 2. The Bertz CT molecular complexity index is 1090. The summed E-state index contributed by atoms with van der Waals surface area (Å²) in [4.78, 5) is 27.2. The number of rotatable bonds is 7. The van der Waals surface area contributed by atoms with E-state index >= 15 is 0 Å². The van der Waals surface area contributed by atoms with Crippen LogP contribution >= 0.6 is 0 Å². The maximum absolute atomic E-state index is 12.8. The number of hydrogen-bond donors (Lipinski definition) is 2. The van der Waals surface area contributed by atoms with Crippen LogP contribution in [0.4, 0.5) is 21.9 Å². The lowest BCUT2D eigenvalue weighted by atomic mass is 10.0. The molecule has 0 saturated carbocycles. The van der Waals surface area contributed by atoms with Gasteiger partial charge in [0.25, 0.3) is 5.91 Å². The zero-order chi connectivity index (χ0) is 21.1. The van der Waals surface area contributed by atoms with Crippen molar-refractivity contribution in [3.63, 3.8) is 0 Å². The molecule has 4 rings (SSSR count). The van der Waals surface area contributed by atoms with E-state index in [1.807, 2.05) is 54.3 Å². The van der Waals surface area contributed by atoms with E-state index in [1.54, 1.807) is 12.1 Å². The van der Waals surface area contributed by atoms with E-state index in [0.717, 1.165) is 35.1 Å². The fourth-order valence-electron chi connectivity index (χ4n) is 3.78. The fourth-order valence-corrected chi connectivity index (χ4v) is 3.78.